The summed E-state index contributed by atoms with van der Waals surface area (Å²) < 4.78 is 4.52. The van der Waals surface area contributed by atoms with Crippen molar-refractivity contribution in [2.45, 2.75) is 13.3 Å². The first kappa shape index (κ1) is 12.2. The minimum Gasteiger partial charge on any atom is -0.469 e. The minimum atomic E-state index is -0.243. The molecule has 0 aliphatic rings. The van der Waals surface area contributed by atoms with Crippen LogP contribution in [0.15, 0.2) is 24.3 Å². The molecule has 0 spiro atoms. The summed E-state index contributed by atoms with van der Waals surface area (Å²) in [4.78, 5) is 21.9. The molecule has 0 heterocycles. The molecule has 4 nitrogen and oxygen atoms in total. The average molecular weight is 221 g/mol. The van der Waals surface area contributed by atoms with Crippen molar-refractivity contribution < 1.29 is 14.3 Å². The largest absolute Gasteiger partial charge is 0.469 e. The predicted molar refractivity (Wildman–Crippen MR) is 61.6 cm³/mol. The van der Waals surface area contributed by atoms with Crippen molar-refractivity contribution in [1.82, 2.24) is 0 Å². The summed E-state index contributed by atoms with van der Waals surface area (Å²) in [7, 11) is 1.37. The molecule has 1 aromatic rings. The highest BCUT2D eigenvalue weighted by Gasteiger charge is 2.00. The second-order valence-corrected chi connectivity index (χ2v) is 3.39. The van der Waals surface area contributed by atoms with Gasteiger partial charge in [0.2, 0.25) is 0 Å². The molecular weight excluding hydrogens is 206 g/mol. The van der Waals surface area contributed by atoms with E-state index in [1.807, 2.05) is 12.1 Å². The number of ether oxygens (including phenoxy) is 1. The molecule has 4 heteroatoms. The molecular formula is C12H15NO3. The molecule has 86 valence electrons. The van der Waals surface area contributed by atoms with E-state index in [0.717, 1.165) is 5.69 Å². The van der Waals surface area contributed by atoms with Crippen LogP contribution in [0.25, 0.3) is 0 Å². The molecule has 0 aliphatic carbocycles. The van der Waals surface area contributed by atoms with Crippen LogP contribution < -0.4 is 5.32 Å². The first-order valence-electron chi connectivity index (χ1n) is 5.05. The van der Waals surface area contributed by atoms with Gasteiger partial charge in [0.05, 0.1) is 13.5 Å². The lowest BCUT2D eigenvalue weighted by Crippen LogP contribution is -2.09. The number of methoxy groups -OCH3 is 1. The van der Waals surface area contributed by atoms with Crippen molar-refractivity contribution in [3.8, 4) is 0 Å². The van der Waals surface area contributed by atoms with Gasteiger partial charge < -0.3 is 10.1 Å². The van der Waals surface area contributed by atoms with Crippen LogP contribution in [0.4, 0.5) is 5.69 Å². The molecule has 0 amide bonds. The summed E-state index contributed by atoms with van der Waals surface area (Å²) in [6, 6.07) is 7.13. The summed E-state index contributed by atoms with van der Waals surface area (Å²) >= 11 is 0. The number of hydrogen-bond donors (Lipinski definition) is 1. The van der Waals surface area contributed by atoms with Gasteiger partial charge in [-0.25, -0.2) is 0 Å². The van der Waals surface area contributed by atoms with Crippen molar-refractivity contribution in [2.24, 2.45) is 0 Å². The van der Waals surface area contributed by atoms with E-state index in [4.69, 9.17) is 0 Å². The lowest BCUT2D eigenvalue weighted by Gasteiger charge is -2.05. The summed E-state index contributed by atoms with van der Waals surface area (Å²) in [6.45, 7) is 2.05. The van der Waals surface area contributed by atoms with E-state index in [9.17, 15) is 9.59 Å². The van der Waals surface area contributed by atoms with E-state index < -0.39 is 0 Å². The Labute approximate surface area is 94.6 Å². The second-order valence-electron chi connectivity index (χ2n) is 3.39. The molecule has 0 atom stereocenters. The molecule has 1 N–H and O–H groups in total. The smallest absolute Gasteiger partial charge is 0.307 e. The molecule has 0 aliphatic heterocycles. The van der Waals surface area contributed by atoms with Crippen LogP contribution in [0.5, 0.6) is 0 Å². The van der Waals surface area contributed by atoms with Gasteiger partial charge in [-0.3, -0.25) is 9.59 Å². The van der Waals surface area contributed by atoms with Crippen LogP contribution in [-0.2, 0) is 9.53 Å². The number of carbonyl (C=O) groups is 2. The molecule has 0 bridgehead atoms. The second kappa shape index (κ2) is 5.90. The number of Topliss-reactive ketones (excluding diaryl/α,β-unsaturated/α-hetero) is 1. The number of esters is 1. The molecule has 0 aromatic heterocycles. The highest BCUT2D eigenvalue weighted by atomic mass is 16.5. The zero-order valence-corrected chi connectivity index (χ0v) is 9.45. The fourth-order valence-electron chi connectivity index (χ4n) is 1.23. The Hall–Kier alpha value is -1.84. The van der Waals surface area contributed by atoms with E-state index in [0.29, 0.717) is 18.5 Å². The standard InChI is InChI=1S/C12H15NO3/c1-9(14)10-3-5-11(6-4-10)13-8-7-12(15)16-2/h3-6,13H,7-8H2,1-2H3. The molecule has 0 unspecified atom stereocenters. The van der Waals surface area contributed by atoms with Gasteiger partial charge >= 0.3 is 5.97 Å². The van der Waals surface area contributed by atoms with Crippen LogP contribution in [0.1, 0.15) is 23.7 Å². The van der Waals surface area contributed by atoms with Crippen molar-refractivity contribution in [3.63, 3.8) is 0 Å². The van der Waals surface area contributed by atoms with Crippen LogP contribution in [0.2, 0.25) is 0 Å². The van der Waals surface area contributed by atoms with E-state index in [2.05, 4.69) is 10.1 Å². The summed E-state index contributed by atoms with van der Waals surface area (Å²) in [5.41, 5.74) is 1.56. The Bertz CT molecular complexity index is 370. The van der Waals surface area contributed by atoms with Gasteiger partial charge in [0, 0.05) is 17.8 Å². The number of rotatable bonds is 5. The van der Waals surface area contributed by atoms with E-state index in [1.54, 1.807) is 12.1 Å². The fraction of sp³-hybridized carbons (Fsp3) is 0.333. The van der Waals surface area contributed by atoms with Crippen LogP contribution in [-0.4, -0.2) is 25.4 Å². The lowest BCUT2D eigenvalue weighted by atomic mass is 10.1. The van der Waals surface area contributed by atoms with Crippen LogP contribution in [0.3, 0.4) is 0 Å². The van der Waals surface area contributed by atoms with Gasteiger partial charge in [0.1, 0.15) is 0 Å². The number of anilines is 1. The van der Waals surface area contributed by atoms with Crippen LogP contribution in [0, 0.1) is 0 Å². The topological polar surface area (TPSA) is 55.4 Å². The molecule has 0 radical (unpaired) electrons. The van der Waals surface area contributed by atoms with Gasteiger partial charge in [0.15, 0.2) is 5.78 Å². The third-order valence-electron chi connectivity index (χ3n) is 2.18. The lowest BCUT2D eigenvalue weighted by molar-refractivity contribution is -0.140. The Morgan fingerprint density at radius 2 is 1.88 bits per heavy atom. The highest BCUT2D eigenvalue weighted by Crippen LogP contribution is 2.09. The summed E-state index contributed by atoms with van der Waals surface area (Å²) in [6.07, 6.45) is 0.324. The summed E-state index contributed by atoms with van der Waals surface area (Å²) in [5, 5.41) is 3.06. The molecule has 1 aromatic carbocycles. The minimum absolute atomic E-state index is 0.0427. The molecule has 1 rings (SSSR count). The maximum absolute atomic E-state index is 11.0. The average Bonchev–Trinajstić information content (AvgIpc) is 2.29. The Balaban J connectivity index is 2.43. The van der Waals surface area contributed by atoms with Crippen molar-refractivity contribution >= 4 is 17.4 Å². The van der Waals surface area contributed by atoms with Gasteiger partial charge in [-0.05, 0) is 31.2 Å². The molecule has 0 saturated heterocycles. The summed E-state index contributed by atoms with van der Waals surface area (Å²) in [5.74, 6) is -0.200. The number of hydrogen-bond acceptors (Lipinski definition) is 4. The van der Waals surface area contributed by atoms with Crippen LogP contribution >= 0.6 is 0 Å². The zero-order valence-electron chi connectivity index (χ0n) is 9.45. The number of ketones is 1. The third kappa shape index (κ3) is 3.73. The van der Waals surface area contributed by atoms with Crippen molar-refractivity contribution in [2.75, 3.05) is 19.0 Å². The first-order valence-corrected chi connectivity index (χ1v) is 5.05. The van der Waals surface area contributed by atoms with Crippen molar-refractivity contribution in [3.05, 3.63) is 29.8 Å². The van der Waals surface area contributed by atoms with E-state index in [-0.39, 0.29) is 11.8 Å². The monoisotopic (exact) mass is 221 g/mol. The van der Waals surface area contributed by atoms with Gasteiger partial charge in [-0.1, -0.05) is 0 Å². The number of carbonyl (C=O) groups excluding carboxylic acids is 2. The van der Waals surface area contributed by atoms with E-state index >= 15 is 0 Å². The maximum atomic E-state index is 11.0. The number of benzene rings is 1. The Morgan fingerprint density at radius 3 is 2.38 bits per heavy atom. The zero-order chi connectivity index (χ0) is 12.0. The Morgan fingerprint density at radius 1 is 1.25 bits per heavy atom. The fourth-order valence-corrected chi connectivity index (χ4v) is 1.23. The third-order valence-corrected chi connectivity index (χ3v) is 2.18. The van der Waals surface area contributed by atoms with E-state index in [1.165, 1.54) is 14.0 Å². The SMILES string of the molecule is COC(=O)CCNc1ccc(C(C)=O)cc1. The van der Waals surface area contributed by atoms with Crippen molar-refractivity contribution in [1.29, 1.82) is 0 Å². The molecule has 0 fully saturated rings. The molecule has 16 heavy (non-hydrogen) atoms. The quantitative estimate of drug-likeness (QED) is 0.609. The Kier molecular flexibility index (Phi) is 4.51. The normalized spacial score (nSPS) is 9.62. The highest BCUT2D eigenvalue weighted by molar-refractivity contribution is 5.94. The maximum Gasteiger partial charge on any atom is 0.307 e. The molecule has 0 saturated carbocycles. The van der Waals surface area contributed by atoms with Gasteiger partial charge in [-0.2, -0.15) is 0 Å². The predicted octanol–water partition coefficient (Wildman–Crippen LogP) is 1.86. The first-order chi connectivity index (χ1) is 7.63. The number of nitrogens with one attached hydrogen (secondary N) is 1. The van der Waals surface area contributed by atoms with Gasteiger partial charge in [-0.15, -0.1) is 0 Å². The van der Waals surface area contributed by atoms with Gasteiger partial charge in [0.25, 0.3) is 0 Å².